The minimum absolute atomic E-state index is 0.0666. The number of allylic oxidation sites excluding steroid dienone is 2. The molecule has 0 saturated heterocycles. The lowest BCUT2D eigenvalue weighted by Crippen LogP contribution is -2.39. The SMILES string of the molecule is CN1c2ccccc2C(C)(C)C1CCC/C=C/C1=[N+](C)c2ccccc2C1(C)C. The van der Waals surface area contributed by atoms with Gasteiger partial charge in [0.25, 0.3) is 0 Å². The number of unbranched alkanes of at least 4 members (excludes halogenated alkanes) is 1. The Labute approximate surface area is 176 Å². The number of hydrogen-bond acceptors (Lipinski definition) is 1. The number of rotatable bonds is 5. The smallest absolute Gasteiger partial charge is 0.209 e. The van der Waals surface area contributed by atoms with E-state index in [-0.39, 0.29) is 10.8 Å². The molecular formula is C27H35N2+. The van der Waals surface area contributed by atoms with Crippen LogP contribution in [0.1, 0.15) is 58.1 Å². The van der Waals surface area contributed by atoms with E-state index in [2.05, 4.69) is 112 Å². The van der Waals surface area contributed by atoms with Crippen LogP contribution in [-0.4, -0.2) is 30.4 Å². The van der Waals surface area contributed by atoms with Crippen LogP contribution >= 0.6 is 0 Å². The molecule has 0 saturated carbocycles. The molecule has 0 N–H and O–H groups in total. The van der Waals surface area contributed by atoms with Gasteiger partial charge in [0.05, 0.1) is 5.41 Å². The van der Waals surface area contributed by atoms with Crippen LogP contribution in [0, 0.1) is 0 Å². The van der Waals surface area contributed by atoms with Crippen LogP contribution in [0.3, 0.4) is 0 Å². The van der Waals surface area contributed by atoms with Gasteiger partial charge in [0.1, 0.15) is 7.05 Å². The Bertz CT molecular complexity index is 978. The molecule has 2 aliphatic heterocycles. The second-order valence-electron chi connectivity index (χ2n) is 9.79. The van der Waals surface area contributed by atoms with E-state index in [1.165, 1.54) is 41.1 Å². The van der Waals surface area contributed by atoms with Crippen molar-refractivity contribution in [1.29, 1.82) is 0 Å². The van der Waals surface area contributed by atoms with E-state index in [9.17, 15) is 0 Å². The molecule has 0 aliphatic carbocycles. The Morgan fingerprint density at radius 3 is 2.31 bits per heavy atom. The second-order valence-corrected chi connectivity index (χ2v) is 9.79. The summed E-state index contributed by atoms with van der Waals surface area (Å²) in [7, 11) is 4.46. The molecule has 0 fully saturated rings. The van der Waals surface area contributed by atoms with Gasteiger partial charge in [0.2, 0.25) is 5.69 Å². The van der Waals surface area contributed by atoms with Crippen molar-refractivity contribution in [2.24, 2.45) is 0 Å². The first kappa shape index (κ1) is 19.9. The quantitative estimate of drug-likeness (QED) is 0.436. The van der Waals surface area contributed by atoms with E-state index in [0.717, 1.165) is 6.42 Å². The zero-order valence-corrected chi connectivity index (χ0v) is 18.9. The van der Waals surface area contributed by atoms with Gasteiger partial charge in [0, 0.05) is 41.9 Å². The van der Waals surface area contributed by atoms with Crippen molar-refractivity contribution >= 4 is 17.1 Å². The molecule has 0 bridgehead atoms. The number of nitrogens with zero attached hydrogens (tertiary/aromatic N) is 2. The van der Waals surface area contributed by atoms with Crippen molar-refractivity contribution in [3.63, 3.8) is 0 Å². The number of likely N-dealkylation sites (N-methyl/N-ethyl adjacent to an activating group) is 1. The predicted molar refractivity (Wildman–Crippen MR) is 125 cm³/mol. The molecule has 1 atom stereocenters. The van der Waals surface area contributed by atoms with Crippen molar-refractivity contribution in [1.82, 2.24) is 0 Å². The molecule has 0 radical (unpaired) electrons. The topological polar surface area (TPSA) is 6.25 Å². The maximum absolute atomic E-state index is 2.50. The van der Waals surface area contributed by atoms with Gasteiger partial charge in [-0.15, -0.1) is 0 Å². The average Bonchev–Trinajstić information content (AvgIpc) is 3.02. The Balaban J connectivity index is 1.41. The first-order valence-electron chi connectivity index (χ1n) is 11.0. The molecule has 0 amide bonds. The fraction of sp³-hybridized carbons (Fsp3) is 0.444. The molecule has 2 aromatic rings. The number of benzene rings is 2. The van der Waals surface area contributed by atoms with Gasteiger partial charge in [-0.2, -0.15) is 4.58 Å². The van der Waals surface area contributed by atoms with Crippen LogP contribution < -0.4 is 4.90 Å². The van der Waals surface area contributed by atoms with Crippen molar-refractivity contribution in [2.45, 2.75) is 63.8 Å². The van der Waals surface area contributed by atoms with Crippen molar-refractivity contribution < 1.29 is 4.58 Å². The summed E-state index contributed by atoms with van der Waals surface area (Å²) in [6.07, 6.45) is 8.30. The van der Waals surface area contributed by atoms with Gasteiger partial charge in [-0.05, 0) is 44.7 Å². The number of anilines is 1. The second kappa shape index (κ2) is 7.16. The van der Waals surface area contributed by atoms with E-state index >= 15 is 0 Å². The summed E-state index contributed by atoms with van der Waals surface area (Å²) in [6.45, 7) is 9.47. The maximum atomic E-state index is 2.50. The van der Waals surface area contributed by atoms with Gasteiger partial charge in [-0.25, -0.2) is 0 Å². The first-order valence-corrected chi connectivity index (χ1v) is 11.0. The van der Waals surface area contributed by atoms with Crippen molar-refractivity contribution in [2.75, 3.05) is 19.0 Å². The molecule has 0 spiro atoms. The molecule has 152 valence electrons. The van der Waals surface area contributed by atoms with Gasteiger partial charge in [-0.1, -0.05) is 56.3 Å². The lowest BCUT2D eigenvalue weighted by atomic mass is 9.78. The van der Waals surface area contributed by atoms with Crippen LogP contribution in [0.2, 0.25) is 0 Å². The molecule has 2 aliphatic rings. The molecule has 2 heteroatoms. The van der Waals surface area contributed by atoms with E-state index < -0.39 is 0 Å². The van der Waals surface area contributed by atoms with Gasteiger partial charge >= 0.3 is 0 Å². The van der Waals surface area contributed by atoms with E-state index in [4.69, 9.17) is 0 Å². The highest BCUT2D eigenvalue weighted by Crippen LogP contribution is 2.45. The van der Waals surface area contributed by atoms with Crippen LogP contribution in [0.4, 0.5) is 11.4 Å². The highest BCUT2D eigenvalue weighted by molar-refractivity contribution is 6.02. The summed E-state index contributed by atoms with van der Waals surface area (Å²) in [5.41, 5.74) is 7.32. The van der Waals surface area contributed by atoms with Gasteiger partial charge in [0.15, 0.2) is 5.71 Å². The summed E-state index contributed by atoms with van der Waals surface area (Å²) in [4.78, 5) is 2.50. The highest BCUT2D eigenvalue weighted by Gasteiger charge is 2.43. The minimum Gasteiger partial charge on any atom is -0.370 e. The third kappa shape index (κ3) is 3.13. The zero-order chi connectivity index (χ0) is 20.8. The molecule has 0 aromatic heterocycles. The fourth-order valence-electron chi connectivity index (χ4n) is 5.64. The van der Waals surface area contributed by atoms with Crippen LogP contribution in [-0.2, 0) is 10.8 Å². The number of fused-ring (bicyclic) bond motifs is 2. The summed E-state index contributed by atoms with van der Waals surface area (Å²) < 4.78 is 2.36. The van der Waals surface area contributed by atoms with E-state index in [1.807, 2.05) is 0 Å². The summed E-state index contributed by atoms with van der Waals surface area (Å²) in [5, 5.41) is 0. The van der Waals surface area contributed by atoms with Gasteiger partial charge < -0.3 is 4.90 Å². The fourth-order valence-corrected chi connectivity index (χ4v) is 5.64. The minimum atomic E-state index is 0.0666. The van der Waals surface area contributed by atoms with Crippen LogP contribution in [0.25, 0.3) is 0 Å². The van der Waals surface area contributed by atoms with Crippen LogP contribution in [0.15, 0.2) is 60.7 Å². The standard InChI is InChI=1S/C27H35N2/c1-26(2)20-14-10-12-16-22(20)28(5)24(26)18-8-7-9-19-25-27(3,4)21-15-11-13-17-23(21)29(25)6/h8,10-18,25H,7,9,19H2,1-6H3/q+1/b18-8+. The van der Waals surface area contributed by atoms with E-state index in [1.54, 1.807) is 0 Å². The van der Waals surface area contributed by atoms with E-state index in [0.29, 0.717) is 6.04 Å². The summed E-state index contributed by atoms with van der Waals surface area (Å²) in [5.74, 6) is 0. The zero-order valence-electron chi connectivity index (χ0n) is 18.9. The first-order chi connectivity index (χ1) is 13.8. The summed E-state index contributed by atoms with van der Waals surface area (Å²) in [6, 6.07) is 18.3. The Kier molecular flexibility index (Phi) is 4.93. The molecule has 2 heterocycles. The molecule has 29 heavy (non-hydrogen) atoms. The maximum Gasteiger partial charge on any atom is 0.209 e. The average molecular weight is 388 g/mol. The predicted octanol–water partition coefficient (Wildman–Crippen LogP) is 6.22. The lowest BCUT2D eigenvalue weighted by molar-refractivity contribution is -0.401. The monoisotopic (exact) mass is 387 g/mol. The summed E-state index contributed by atoms with van der Waals surface area (Å²) >= 11 is 0. The molecule has 2 aromatic carbocycles. The van der Waals surface area contributed by atoms with Gasteiger partial charge in [-0.3, -0.25) is 0 Å². The Hall–Kier alpha value is -2.35. The highest BCUT2D eigenvalue weighted by atomic mass is 15.2. The third-order valence-corrected chi connectivity index (χ3v) is 7.34. The number of hydrogen-bond donors (Lipinski definition) is 0. The number of para-hydroxylation sites is 2. The molecular weight excluding hydrogens is 352 g/mol. The molecule has 1 unspecified atom stereocenters. The normalized spacial score (nSPS) is 21.7. The van der Waals surface area contributed by atoms with Crippen LogP contribution in [0.5, 0.6) is 0 Å². The Morgan fingerprint density at radius 2 is 1.62 bits per heavy atom. The Morgan fingerprint density at radius 1 is 0.966 bits per heavy atom. The van der Waals surface area contributed by atoms with Crippen molar-refractivity contribution in [3.05, 3.63) is 71.8 Å². The lowest BCUT2D eigenvalue weighted by Gasteiger charge is -2.32. The van der Waals surface area contributed by atoms with Crippen molar-refractivity contribution in [3.8, 4) is 0 Å². The third-order valence-electron chi connectivity index (χ3n) is 7.34. The molecule has 2 nitrogen and oxygen atoms in total. The largest absolute Gasteiger partial charge is 0.370 e. The molecule has 4 rings (SSSR count).